The maximum atomic E-state index is 12.7. The molecule has 0 saturated carbocycles. The predicted molar refractivity (Wildman–Crippen MR) is 74.7 cm³/mol. The quantitative estimate of drug-likeness (QED) is 0.868. The lowest BCUT2D eigenvalue weighted by Crippen LogP contribution is -2.38. The standard InChI is InChI=1S/C15H19N3O3/c1-3-13-16-14(21-17-13)12-6-4-5-8-18(12)15(19)11-7-9-20-10(11)2/h7,9,12H,3-6,8H2,1-2H3/t12-/m0/s1. The second kappa shape index (κ2) is 5.71. The van der Waals surface area contributed by atoms with Crippen molar-refractivity contribution in [1.29, 1.82) is 0 Å². The van der Waals surface area contributed by atoms with E-state index in [1.807, 2.05) is 11.8 Å². The Bertz CT molecular complexity index is 632. The van der Waals surface area contributed by atoms with Gasteiger partial charge >= 0.3 is 0 Å². The minimum absolute atomic E-state index is 0.0257. The number of furan rings is 1. The third-order valence-electron chi connectivity index (χ3n) is 3.94. The van der Waals surface area contributed by atoms with Crippen LogP contribution in [0.3, 0.4) is 0 Å². The van der Waals surface area contributed by atoms with E-state index >= 15 is 0 Å². The molecule has 112 valence electrons. The van der Waals surface area contributed by atoms with Crippen LogP contribution in [0, 0.1) is 6.92 Å². The summed E-state index contributed by atoms with van der Waals surface area (Å²) in [5, 5.41) is 3.94. The lowest BCUT2D eigenvalue weighted by Gasteiger charge is -2.33. The van der Waals surface area contributed by atoms with E-state index in [9.17, 15) is 4.79 Å². The van der Waals surface area contributed by atoms with Gasteiger partial charge in [0.25, 0.3) is 5.91 Å². The van der Waals surface area contributed by atoms with Crippen LogP contribution in [-0.4, -0.2) is 27.5 Å². The van der Waals surface area contributed by atoms with E-state index in [0.717, 1.165) is 25.7 Å². The van der Waals surface area contributed by atoms with Gasteiger partial charge in [-0.15, -0.1) is 0 Å². The molecule has 0 radical (unpaired) electrons. The summed E-state index contributed by atoms with van der Waals surface area (Å²) < 4.78 is 10.6. The monoisotopic (exact) mass is 289 g/mol. The van der Waals surface area contributed by atoms with Crippen molar-refractivity contribution < 1.29 is 13.7 Å². The summed E-state index contributed by atoms with van der Waals surface area (Å²) in [5.74, 6) is 1.84. The largest absolute Gasteiger partial charge is 0.469 e. The Morgan fingerprint density at radius 3 is 3.00 bits per heavy atom. The smallest absolute Gasteiger partial charge is 0.258 e. The van der Waals surface area contributed by atoms with Crippen LogP contribution in [0.1, 0.15) is 60.1 Å². The maximum Gasteiger partial charge on any atom is 0.258 e. The van der Waals surface area contributed by atoms with Gasteiger partial charge in [0.2, 0.25) is 5.89 Å². The number of rotatable bonds is 3. The first-order chi connectivity index (χ1) is 10.2. The molecular weight excluding hydrogens is 270 g/mol. The average molecular weight is 289 g/mol. The second-order valence-corrected chi connectivity index (χ2v) is 5.30. The Morgan fingerprint density at radius 2 is 2.33 bits per heavy atom. The summed E-state index contributed by atoms with van der Waals surface area (Å²) in [6, 6.07) is 1.59. The van der Waals surface area contributed by atoms with E-state index < -0.39 is 0 Å². The molecule has 0 spiro atoms. The summed E-state index contributed by atoms with van der Waals surface area (Å²) in [6.07, 6.45) is 5.18. The fraction of sp³-hybridized carbons (Fsp3) is 0.533. The predicted octanol–water partition coefficient (Wildman–Crippen LogP) is 2.90. The molecule has 3 rings (SSSR count). The van der Waals surface area contributed by atoms with Crippen molar-refractivity contribution in [3.63, 3.8) is 0 Å². The molecule has 6 heteroatoms. The first kappa shape index (κ1) is 13.9. The zero-order valence-corrected chi connectivity index (χ0v) is 12.3. The number of likely N-dealkylation sites (tertiary alicyclic amines) is 1. The summed E-state index contributed by atoms with van der Waals surface area (Å²) >= 11 is 0. The van der Waals surface area contributed by atoms with Gasteiger partial charge in [-0.25, -0.2) is 0 Å². The summed E-state index contributed by atoms with van der Waals surface area (Å²) in [5.41, 5.74) is 0.608. The van der Waals surface area contributed by atoms with Crippen molar-refractivity contribution in [2.45, 2.75) is 45.6 Å². The minimum Gasteiger partial charge on any atom is -0.469 e. The van der Waals surface area contributed by atoms with Gasteiger partial charge in [0.1, 0.15) is 11.8 Å². The number of carbonyl (C=O) groups is 1. The molecule has 1 aliphatic rings. The number of aromatic nitrogens is 2. The van der Waals surface area contributed by atoms with Crippen LogP contribution in [0.5, 0.6) is 0 Å². The van der Waals surface area contributed by atoms with Crippen molar-refractivity contribution in [2.75, 3.05) is 6.54 Å². The Morgan fingerprint density at radius 1 is 1.48 bits per heavy atom. The van der Waals surface area contributed by atoms with E-state index in [-0.39, 0.29) is 11.9 Å². The Balaban J connectivity index is 1.87. The van der Waals surface area contributed by atoms with E-state index in [4.69, 9.17) is 8.94 Å². The topological polar surface area (TPSA) is 72.4 Å². The van der Waals surface area contributed by atoms with E-state index in [1.54, 1.807) is 19.3 Å². The van der Waals surface area contributed by atoms with Crippen LogP contribution < -0.4 is 0 Å². The highest BCUT2D eigenvalue weighted by Crippen LogP contribution is 2.31. The molecule has 2 aromatic heterocycles. The van der Waals surface area contributed by atoms with Gasteiger partial charge in [0, 0.05) is 13.0 Å². The van der Waals surface area contributed by atoms with Gasteiger partial charge in [-0.05, 0) is 32.3 Å². The fourth-order valence-corrected chi connectivity index (χ4v) is 2.74. The zero-order valence-electron chi connectivity index (χ0n) is 12.3. The number of carbonyl (C=O) groups excluding carboxylic acids is 1. The molecule has 1 aliphatic heterocycles. The third-order valence-corrected chi connectivity index (χ3v) is 3.94. The average Bonchev–Trinajstić information content (AvgIpc) is 3.15. The van der Waals surface area contributed by atoms with Crippen LogP contribution in [0.15, 0.2) is 21.3 Å². The number of nitrogens with zero attached hydrogens (tertiary/aromatic N) is 3. The van der Waals surface area contributed by atoms with Gasteiger partial charge in [0.15, 0.2) is 5.82 Å². The van der Waals surface area contributed by atoms with Crippen molar-refractivity contribution in [2.24, 2.45) is 0 Å². The molecular formula is C15H19N3O3. The van der Waals surface area contributed by atoms with E-state index in [2.05, 4.69) is 10.1 Å². The van der Waals surface area contributed by atoms with Crippen molar-refractivity contribution in [3.8, 4) is 0 Å². The fourth-order valence-electron chi connectivity index (χ4n) is 2.74. The lowest BCUT2D eigenvalue weighted by atomic mass is 10.0. The number of amides is 1. The molecule has 2 aromatic rings. The third kappa shape index (κ3) is 2.57. The second-order valence-electron chi connectivity index (χ2n) is 5.30. The number of piperidine rings is 1. The molecule has 0 unspecified atom stereocenters. The van der Waals surface area contributed by atoms with Crippen LogP contribution in [0.4, 0.5) is 0 Å². The molecule has 0 N–H and O–H groups in total. The van der Waals surface area contributed by atoms with Gasteiger partial charge in [0.05, 0.1) is 11.8 Å². The molecule has 0 aromatic carbocycles. The zero-order chi connectivity index (χ0) is 14.8. The lowest BCUT2D eigenvalue weighted by molar-refractivity contribution is 0.0559. The Hall–Kier alpha value is -2.11. The van der Waals surface area contributed by atoms with Gasteiger partial charge in [-0.3, -0.25) is 4.79 Å². The summed E-state index contributed by atoms with van der Waals surface area (Å²) in [4.78, 5) is 18.9. The molecule has 21 heavy (non-hydrogen) atoms. The SMILES string of the molecule is CCc1noc([C@@H]2CCCCN2C(=O)c2ccoc2C)n1. The van der Waals surface area contributed by atoms with Crippen molar-refractivity contribution >= 4 is 5.91 Å². The van der Waals surface area contributed by atoms with Gasteiger partial charge < -0.3 is 13.8 Å². The van der Waals surface area contributed by atoms with E-state index in [1.165, 1.54) is 0 Å². The minimum atomic E-state index is -0.131. The van der Waals surface area contributed by atoms with Crippen LogP contribution in [0.2, 0.25) is 0 Å². The molecule has 1 fully saturated rings. The normalized spacial score (nSPS) is 19.0. The summed E-state index contributed by atoms with van der Waals surface area (Å²) in [7, 11) is 0. The number of hydrogen-bond acceptors (Lipinski definition) is 5. The molecule has 1 atom stereocenters. The summed E-state index contributed by atoms with van der Waals surface area (Å²) in [6.45, 7) is 4.49. The molecule has 1 saturated heterocycles. The highest BCUT2D eigenvalue weighted by Gasteiger charge is 2.33. The molecule has 0 aliphatic carbocycles. The van der Waals surface area contributed by atoms with Crippen molar-refractivity contribution in [3.05, 3.63) is 35.4 Å². The number of hydrogen-bond donors (Lipinski definition) is 0. The first-order valence-corrected chi connectivity index (χ1v) is 7.38. The van der Waals surface area contributed by atoms with E-state index in [0.29, 0.717) is 29.6 Å². The van der Waals surface area contributed by atoms with Crippen LogP contribution in [-0.2, 0) is 6.42 Å². The van der Waals surface area contributed by atoms with Crippen LogP contribution >= 0.6 is 0 Å². The molecule has 1 amide bonds. The first-order valence-electron chi connectivity index (χ1n) is 7.38. The number of aryl methyl sites for hydroxylation is 2. The van der Waals surface area contributed by atoms with Crippen molar-refractivity contribution in [1.82, 2.24) is 15.0 Å². The maximum absolute atomic E-state index is 12.7. The Labute approximate surface area is 123 Å². The van der Waals surface area contributed by atoms with Gasteiger partial charge in [-0.1, -0.05) is 12.1 Å². The highest BCUT2D eigenvalue weighted by molar-refractivity contribution is 5.95. The van der Waals surface area contributed by atoms with Gasteiger partial charge in [-0.2, -0.15) is 4.98 Å². The highest BCUT2D eigenvalue weighted by atomic mass is 16.5. The molecule has 0 bridgehead atoms. The Kier molecular flexibility index (Phi) is 3.77. The molecule has 3 heterocycles. The van der Waals surface area contributed by atoms with Crippen LogP contribution in [0.25, 0.3) is 0 Å². The molecule has 6 nitrogen and oxygen atoms in total.